The van der Waals surface area contributed by atoms with Crippen LogP contribution >= 0.6 is 0 Å². The molecule has 11 heteroatoms. The van der Waals surface area contributed by atoms with Crippen LogP contribution in [0.2, 0.25) is 0 Å². The molecule has 0 saturated carbocycles. The van der Waals surface area contributed by atoms with Gasteiger partial charge in [0.25, 0.3) is 0 Å². The molecule has 3 fully saturated rings. The molecule has 1 aromatic carbocycles. The molecule has 0 unspecified atom stereocenters. The number of amides is 1. The first kappa shape index (κ1) is 26.2. The Labute approximate surface area is 239 Å². The summed E-state index contributed by atoms with van der Waals surface area (Å²) in [7, 11) is 0. The number of nitrogens with zero attached hydrogens (tertiary/aromatic N) is 7. The van der Waals surface area contributed by atoms with Crippen LogP contribution in [0.3, 0.4) is 0 Å². The van der Waals surface area contributed by atoms with E-state index < -0.39 is 0 Å². The van der Waals surface area contributed by atoms with E-state index in [9.17, 15) is 9.59 Å². The number of H-pyrrole nitrogens is 1. The number of aromatic nitrogens is 4. The van der Waals surface area contributed by atoms with E-state index in [4.69, 9.17) is 9.72 Å². The molecule has 41 heavy (non-hydrogen) atoms. The van der Waals surface area contributed by atoms with Gasteiger partial charge in [-0.15, -0.1) is 0 Å². The van der Waals surface area contributed by atoms with Gasteiger partial charge in [0.2, 0.25) is 5.91 Å². The van der Waals surface area contributed by atoms with E-state index in [0.717, 1.165) is 73.5 Å². The second-order valence-corrected chi connectivity index (χ2v) is 11.7. The molecule has 1 amide bonds. The highest BCUT2D eigenvalue weighted by molar-refractivity contribution is 5.93. The van der Waals surface area contributed by atoms with Gasteiger partial charge in [-0.05, 0) is 50.4 Å². The molecular formula is C30H38N8O3. The van der Waals surface area contributed by atoms with E-state index in [0.29, 0.717) is 51.4 Å². The zero-order valence-electron chi connectivity index (χ0n) is 23.7. The Bertz CT molecular complexity index is 1530. The predicted molar refractivity (Wildman–Crippen MR) is 157 cm³/mol. The Morgan fingerprint density at radius 3 is 2.73 bits per heavy atom. The Balaban J connectivity index is 1.26. The van der Waals surface area contributed by atoms with E-state index in [1.807, 2.05) is 15.7 Å². The van der Waals surface area contributed by atoms with Gasteiger partial charge in [0.05, 0.1) is 43.2 Å². The lowest BCUT2D eigenvalue weighted by molar-refractivity contribution is -0.126. The van der Waals surface area contributed by atoms with E-state index in [-0.39, 0.29) is 11.6 Å². The third-order valence-electron chi connectivity index (χ3n) is 9.43. The number of carbonyl (C=O) groups excluding carboxylic acids is 1. The molecular weight excluding hydrogens is 520 g/mol. The van der Waals surface area contributed by atoms with Crippen molar-refractivity contribution in [2.75, 3.05) is 62.3 Å². The molecule has 2 aromatic heterocycles. The average Bonchev–Trinajstić information content (AvgIpc) is 3.62. The molecule has 3 saturated heterocycles. The zero-order valence-corrected chi connectivity index (χ0v) is 23.7. The molecule has 0 aliphatic carbocycles. The summed E-state index contributed by atoms with van der Waals surface area (Å²) in [5, 5.41) is 8.52. The van der Waals surface area contributed by atoms with Gasteiger partial charge < -0.3 is 19.4 Å². The smallest absolute Gasteiger partial charge is 0.349 e. The van der Waals surface area contributed by atoms with Gasteiger partial charge >= 0.3 is 5.69 Å². The van der Waals surface area contributed by atoms with Gasteiger partial charge in [-0.1, -0.05) is 12.6 Å². The fraction of sp³-hybridized carbons (Fsp3) is 0.533. The van der Waals surface area contributed by atoms with Gasteiger partial charge in [0.1, 0.15) is 5.82 Å². The number of ether oxygens (including phenoxy) is 1. The van der Waals surface area contributed by atoms with Crippen molar-refractivity contribution in [3.05, 3.63) is 58.3 Å². The lowest BCUT2D eigenvalue weighted by Crippen LogP contribution is -2.53. The van der Waals surface area contributed by atoms with E-state index in [2.05, 4.69) is 50.5 Å². The van der Waals surface area contributed by atoms with E-state index >= 15 is 0 Å². The highest BCUT2D eigenvalue weighted by Gasteiger charge is 2.37. The van der Waals surface area contributed by atoms with Crippen LogP contribution in [0.15, 0.2) is 35.8 Å². The quantitative estimate of drug-likeness (QED) is 0.456. The number of hydrogen-bond acceptors (Lipinski definition) is 8. The lowest BCUT2D eigenvalue weighted by Gasteiger charge is -2.40. The van der Waals surface area contributed by atoms with Crippen LogP contribution in [-0.2, 0) is 29.0 Å². The minimum Gasteiger partial charge on any atom is -0.378 e. The average molecular weight is 559 g/mol. The fourth-order valence-electron chi connectivity index (χ4n) is 7.17. The highest BCUT2D eigenvalue weighted by Crippen LogP contribution is 2.35. The van der Waals surface area contributed by atoms with Crippen LogP contribution in [0.4, 0.5) is 11.5 Å². The number of benzene rings is 1. The predicted octanol–water partition coefficient (Wildman–Crippen LogP) is 1.69. The summed E-state index contributed by atoms with van der Waals surface area (Å²) in [5.41, 5.74) is 5.43. The van der Waals surface area contributed by atoms with E-state index in [1.165, 1.54) is 17.3 Å². The minimum atomic E-state index is -0.180. The first-order chi connectivity index (χ1) is 20.0. The maximum absolute atomic E-state index is 13.9. The van der Waals surface area contributed by atoms with Gasteiger partial charge in [-0.2, -0.15) is 10.1 Å². The molecule has 0 radical (unpaired) electrons. The SMILES string of the molecule is C=CC(=O)N1CCN(c2nc(=O)n(C[C@@H]3CCCN3C3COC3)c3c2CCN(c2c(C)ccc4[nH]ncc24)C3)CC1. The number of carbonyl (C=O) groups is 1. The summed E-state index contributed by atoms with van der Waals surface area (Å²) in [4.78, 5) is 39.7. The summed E-state index contributed by atoms with van der Waals surface area (Å²) in [6.45, 7) is 13.0. The van der Waals surface area contributed by atoms with Crippen LogP contribution in [0.25, 0.3) is 10.9 Å². The van der Waals surface area contributed by atoms with Crippen molar-refractivity contribution in [1.82, 2.24) is 29.5 Å². The molecule has 4 aliphatic heterocycles. The van der Waals surface area contributed by atoms with Crippen LogP contribution in [0.1, 0.15) is 29.7 Å². The zero-order chi connectivity index (χ0) is 28.1. The second kappa shape index (κ2) is 10.6. The van der Waals surface area contributed by atoms with E-state index in [1.54, 1.807) is 0 Å². The van der Waals surface area contributed by atoms with Gasteiger partial charge in [-0.25, -0.2) is 4.79 Å². The Morgan fingerprint density at radius 1 is 1.15 bits per heavy atom. The largest absolute Gasteiger partial charge is 0.378 e. The summed E-state index contributed by atoms with van der Waals surface area (Å²) in [5.74, 6) is 0.744. The van der Waals surface area contributed by atoms with Gasteiger partial charge in [-0.3, -0.25) is 19.4 Å². The number of fused-ring (bicyclic) bond motifs is 2. The number of hydrogen-bond donors (Lipinski definition) is 1. The minimum absolute atomic E-state index is 0.0486. The molecule has 11 nitrogen and oxygen atoms in total. The van der Waals surface area contributed by atoms with Crippen LogP contribution < -0.4 is 15.5 Å². The fourth-order valence-corrected chi connectivity index (χ4v) is 7.17. The van der Waals surface area contributed by atoms with Crippen molar-refractivity contribution in [1.29, 1.82) is 0 Å². The van der Waals surface area contributed by atoms with Crippen molar-refractivity contribution in [3.63, 3.8) is 0 Å². The number of likely N-dealkylation sites (tertiary alicyclic amines) is 1. The maximum atomic E-state index is 13.9. The number of aromatic amines is 1. The molecule has 3 aromatic rings. The summed E-state index contributed by atoms with van der Waals surface area (Å²) in [6, 6.07) is 4.97. The molecule has 216 valence electrons. The molecule has 0 bridgehead atoms. The van der Waals surface area contributed by atoms with Crippen molar-refractivity contribution < 1.29 is 9.53 Å². The van der Waals surface area contributed by atoms with Gasteiger partial charge in [0.15, 0.2) is 0 Å². The number of rotatable bonds is 6. The normalized spacial score (nSPS) is 21.8. The summed E-state index contributed by atoms with van der Waals surface area (Å²) in [6.07, 6.45) is 6.29. The maximum Gasteiger partial charge on any atom is 0.349 e. The topological polar surface area (TPSA) is 103 Å². The first-order valence-electron chi connectivity index (χ1n) is 14.8. The number of nitrogens with one attached hydrogen (secondary N) is 1. The molecule has 0 spiro atoms. The van der Waals surface area contributed by atoms with Crippen molar-refractivity contribution >= 4 is 28.3 Å². The van der Waals surface area contributed by atoms with Crippen molar-refractivity contribution in [2.24, 2.45) is 0 Å². The monoisotopic (exact) mass is 558 g/mol. The van der Waals surface area contributed by atoms with Crippen molar-refractivity contribution in [3.8, 4) is 0 Å². The third-order valence-corrected chi connectivity index (χ3v) is 9.43. The highest BCUT2D eigenvalue weighted by atomic mass is 16.5. The molecule has 7 rings (SSSR count). The lowest BCUT2D eigenvalue weighted by atomic mass is 10.0. The van der Waals surface area contributed by atoms with Crippen LogP contribution in [0, 0.1) is 6.92 Å². The van der Waals surface area contributed by atoms with Crippen LogP contribution in [0.5, 0.6) is 0 Å². The second-order valence-electron chi connectivity index (χ2n) is 11.7. The molecule has 1 atom stereocenters. The first-order valence-corrected chi connectivity index (χ1v) is 14.8. The summed E-state index contributed by atoms with van der Waals surface area (Å²) < 4.78 is 7.47. The van der Waals surface area contributed by atoms with Gasteiger partial charge in [0, 0.05) is 62.0 Å². The molecule has 4 aliphatic rings. The Kier molecular flexibility index (Phi) is 6.78. The number of aryl methyl sites for hydroxylation is 1. The number of anilines is 2. The number of piperazine rings is 1. The third kappa shape index (κ3) is 4.61. The van der Waals surface area contributed by atoms with Crippen LogP contribution in [-0.4, -0.2) is 100 Å². The summed E-state index contributed by atoms with van der Waals surface area (Å²) >= 11 is 0. The molecule has 6 heterocycles. The standard InChI is InChI=1S/C30H38N8O3/c1-3-27(39)34-11-13-35(14-12-34)29-23-8-10-36(28-20(2)6-7-25-24(28)15-31-33-25)17-26(23)38(30(40)32-29)16-21-5-4-9-37(21)22-18-41-19-22/h3,6-7,15,21-22H,1,4-5,8-14,16-19H2,2H3,(H,31,33)/t21-/m0/s1. The Hall–Kier alpha value is -3.70. The Morgan fingerprint density at radius 2 is 1.98 bits per heavy atom. The molecule has 1 N–H and O–H groups in total. The van der Waals surface area contributed by atoms with Crippen molar-refractivity contribution in [2.45, 2.75) is 51.4 Å².